The maximum atomic E-state index is 5.76. The molecule has 4 heteroatoms. The Morgan fingerprint density at radius 1 is 1.47 bits per heavy atom. The Morgan fingerprint density at radius 2 is 2.12 bits per heavy atom. The molecule has 0 aliphatic heterocycles. The Bertz CT molecular complexity index is 418. The number of aryl methyl sites for hydroxylation is 1. The van der Waals surface area contributed by atoms with Crippen LogP contribution in [0.4, 0.5) is 0 Å². The number of ether oxygens (including phenoxy) is 1. The van der Waals surface area contributed by atoms with Gasteiger partial charge >= 0.3 is 0 Å². The van der Waals surface area contributed by atoms with Crippen LogP contribution in [-0.2, 0) is 0 Å². The van der Waals surface area contributed by atoms with Crippen molar-refractivity contribution in [3.8, 4) is 5.75 Å². The van der Waals surface area contributed by atoms with Gasteiger partial charge in [-0.15, -0.1) is 0 Å². The first kappa shape index (κ1) is 14.5. The third-order valence-electron chi connectivity index (χ3n) is 2.80. The standard InChI is InChI=1S/C13H18BrNOS/c1-9-4-5-10(14)8-11(9)16-7-6-13(2,3)12(15)17/h4-5,8H,6-7H2,1-3H3,(H2,15,17). The predicted octanol–water partition coefficient (Wildman–Crippen LogP) is 3.84. The highest BCUT2D eigenvalue weighted by Crippen LogP contribution is 2.25. The highest BCUT2D eigenvalue weighted by atomic mass is 79.9. The maximum Gasteiger partial charge on any atom is 0.123 e. The average molecular weight is 316 g/mol. The molecule has 0 saturated carbocycles. The van der Waals surface area contributed by atoms with E-state index in [1.807, 2.05) is 39.0 Å². The summed E-state index contributed by atoms with van der Waals surface area (Å²) in [6, 6.07) is 6.00. The lowest BCUT2D eigenvalue weighted by Gasteiger charge is -2.23. The van der Waals surface area contributed by atoms with E-state index < -0.39 is 0 Å². The summed E-state index contributed by atoms with van der Waals surface area (Å²) in [5, 5.41) is 0. The van der Waals surface area contributed by atoms with Crippen molar-refractivity contribution in [3.63, 3.8) is 0 Å². The van der Waals surface area contributed by atoms with Gasteiger partial charge in [0.25, 0.3) is 0 Å². The summed E-state index contributed by atoms with van der Waals surface area (Å²) in [7, 11) is 0. The van der Waals surface area contributed by atoms with Crippen molar-refractivity contribution < 1.29 is 4.74 Å². The van der Waals surface area contributed by atoms with Crippen molar-refractivity contribution in [3.05, 3.63) is 28.2 Å². The van der Waals surface area contributed by atoms with Gasteiger partial charge in [0.05, 0.1) is 11.6 Å². The molecule has 1 aromatic carbocycles. The van der Waals surface area contributed by atoms with E-state index >= 15 is 0 Å². The summed E-state index contributed by atoms with van der Waals surface area (Å²) in [5.74, 6) is 0.901. The molecular weight excluding hydrogens is 298 g/mol. The monoisotopic (exact) mass is 315 g/mol. The summed E-state index contributed by atoms with van der Waals surface area (Å²) in [5.41, 5.74) is 6.64. The fraction of sp³-hybridized carbons (Fsp3) is 0.462. The van der Waals surface area contributed by atoms with Crippen LogP contribution in [0.15, 0.2) is 22.7 Å². The van der Waals surface area contributed by atoms with Crippen molar-refractivity contribution in [2.45, 2.75) is 27.2 Å². The van der Waals surface area contributed by atoms with Gasteiger partial charge in [0, 0.05) is 9.89 Å². The van der Waals surface area contributed by atoms with Crippen LogP contribution in [-0.4, -0.2) is 11.6 Å². The second-order valence-electron chi connectivity index (χ2n) is 4.76. The Morgan fingerprint density at radius 3 is 2.71 bits per heavy atom. The minimum atomic E-state index is -0.157. The Kier molecular flexibility index (Phi) is 4.95. The van der Waals surface area contributed by atoms with Gasteiger partial charge in [-0.05, 0) is 31.0 Å². The zero-order chi connectivity index (χ0) is 13.1. The largest absolute Gasteiger partial charge is 0.493 e. The smallest absolute Gasteiger partial charge is 0.123 e. The lowest BCUT2D eigenvalue weighted by molar-refractivity contribution is 0.269. The quantitative estimate of drug-likeness (QED) is 0.838. The van der Waals surface area contributed by atoms with E-state index in [4.69, 9.17) is 22.7 Å². The molecule has 0 radical (unpaired) electrons. The fourth-order valence-electron chi connectivity index (χ4n) is 1.27. The molecule has 0 aliphatic rings. The van der Waals surface area contributed by atoms with Gasteiger partial charge in [-0.2, -0.15) is 0 Å². The minimum Gasteiger partial charge on any atom is -0.493 e. The SMILES string of the molecule is Cc1ccc(Br)cc1OCCC(C)(C)C(N)=S. The predicted molar refractivity (Wildman–Crippen MR) is 79.6 cm³/mol. The summed E-state index contributed by atoms with van der Waals surface area (Å²) in [6.07, 6.45) is 0.814. The molecule has 2 nitrogen and oxygen atoms in total. The van der Waals surface area contributed by atoms with Crippen LogP contribution in [0.5, 0.6) is 5.75 Å². The molecule has 2 N–H and O–H groups in total. The topological polar surface area (TPSA) is 35.2 Å². The van der Waals surface area contributed by atoms with Crippen LogP contribution in [0, 0.1) is 12.3 Å². The van der Waals surface area contributed by atoms with Crippen molar-refractivity contribution in [1.29, 1.82) is 0 Å². The molecule has 0 spiro atoms. The molecule has 94 valence electrons. The molecule has 0 aliphatic carbocycles. The van der Waals surface area contributed by atoms with E-state index in [1.54, 1.807) is 0 Å². The summed E-state index contributed by atoms with van der Waals surface area (Å²) in [6.45, 7) is 6.71. The van der Waals surface area contributed by atoms with Gasteiger partial charge < -0.3 is 10.5 Å². The number of rotatable bonds is 5. The van der Waals surface area contributed by atoms with E-state index in [9.17, 15) is 0 Å². The van der Waals surface area contributed by atoms with E-state index in [0.717, 1.165) is 22.2 Å². The number of nitrogens with two attached hydrogens (primary N) is 1. The van der Waals surface area contributed by atoms with E-state index in [2.05, 4.69) is 15.9 Å². The molecule has 17 heavy (non-hydrogen) atoms. The number of hydrogen-bond donors (Lipinski definition) is 1. The van der Waals surface area contributed by atoms with Crippen molar-refractivity contribution in [1.82, 2.24) is 0 Å². The third-order valence-corrected chi connectivity index (χ3v) is 3.85. The molecule has 0 unspecified atom stereocenters. The van der Waals surface area contributed by atoms with Gasteiger partial charge in [0.2, 0.25) is 0 Å². The first-order valence-electron chi connectivity index (χ1n) is 5.52. The van der Waals surface area contributed by atoms with E-state index in [-0.39, 0.29) is 5.41 Å². The maximum absolute atomic E-state index is 5.76. The van der Waals surface area contributed by atoms with Gasteiger partial charge in [0.1, 0.15) is 5.75 Å². The number of thiocarbonyl (C=S) groups is 1. The lowest BCUT2D eigenvalue weighted by Crippen LogP contribution is -2.31. The second kappa shape index (κ2) is 5.83. The van der Waals surface area contributed by atoms with Gasteiger partial charge in [-0.3, -0.25) is 0 Å². The Labute approximate surface area is 117 Å². The van der Waals surface area contributed by atoms with E-state index in [0.29, 0.717) is 11.6 Å². The zero-order valence-electron chi connectivity index (χ0n) is 10.4. The van der Waals surface area contributed by atoms with Crippen LogP contribution >= 0.6 is 28.1 Å². The van der Waals surface area contributed by atoms with Crippen LogP contribution in [0.1, 0.15) is 25.8 Å². The summed E-state index contributed by atoms with van der Waals surface area (Å²) in [4.78, 5) is 0.534. The molecule has 0 fully saturated rings. The normalized spacial score (nSPS) is 11.3. The van der Waals surface area contributed by atoms with Crippen LogP contribution in [0.25, 0.3) is 0 Å². The third kappa shape index (κ3) is 4.28. The first-order valence-corrected chi connectivity index (χ1v) is 6.72. The van der Waals surface area contributed by atoms with Gasteiger partial charge in [0.15, 0.2) is 0 Å². The average Bonchev–Trinajstić information content (AvgIpc) is 2.22. The molecule has 0 amide bonds. The van der Waals surface area contributed by atoms with E-state index in [1.165, 1.54) is 0 Å². The molecular formula is C13H18BrNOS. The highest BCUT2D eigenvalue weighted by molar-refractivity contribution is 9.10. The Balaban J connectivity index is 2.57. The van der Waals surface area contributed by atoms with Crippen LogP contribution < -0.4 is 10.5 Å². The summed E-state index contributed by atoms with van der Waals surface area (Å²) >= 11 is 8.45. The van der Waals surface area contributed by atoms with Crippen molar-refractivity contribution in [2.75, 3.05) is 6.61 Å². The number of benzene rings is 1. The summed E-state index contributed by atoms with van der Waals surface area (Å²) < 4.78 is 6.78. The molecule has 0 bridgehead atoms. The zero-order valence-corrected chi connectivity index (χ0v) is 12.8. The van der Waals surface area contributed by atoms with Crippen molar-refractivity contribution >= 4 is 33.1 Å². The molecule has 0 heterocycles. The minimum absolute atomic E-state index is 0.157. The number of halogens is 1. The highest BCUT2D eigenvalue weighted by Gasteiger charge is 2.21. The fourth-order valence-corrected chi connectivity index (χ4v) is 1.71. The lowest BCUT2D eigenvalue weighted by atomic mass is 9.90. The van der Waals surface area contributed by atoms with Crippen LogP contribution in [0.2, 0.25) is 0 Å². The number of hydrogen-bond acceptors (Lipinski definition) is 2. The molecule has 1 aromatic rings. The van der Waals surface area contributed by atoms with Gasteiger partial charge in [-0.1, -0.05) is 48.1 Å². The molecule has 1 rings (SSSR count). The molecule has 0 atom stereocenters. The molecule has 0 saturated heterocycles. The first-order chi connectivity index (χ1) is 7.83. The van der Waals surface area contributed by atoms with Gasteiger partial charge in [-0.25, -0.2) is 0 Å². The van der Waals surface area contributed by atoms with Crippen molar-refractivity contribution in [2.24, 2.45) is 11.1 Å². The molecule has 0 aromatic heterocycles. The van der Waals surface area contributed by atoms with Crippen LogP contribution in [0.3, 0.4) is 0 Å². The Hall–Kier alpha value is -0.610. The second-order valence-corrected chi connectivity index (χ2v) is 6.11.